The molecule has 0 aliphatic carbocycles. The third-order valence-electron chi connectivity index (χ3n) is 1.70. The minimum absolute atomic E-state index is 0.0413. The molecule has 0 aromatic heterocycles. The Labute approximate surface area is 99.9 Å². The molecular formula is C10H10BrF2NO2. The van der Waals surface area contributed by atoms with Crippen LogP contribution in [0.15, 0.2) is 24.3 Å². The van der Waals surface area contributed by atoms with Gasteiger partial charge in [-0.3, -0.25) is 4.79 Å². The van der Waals surface area contributed by atoms with Gasteiger partial charge < -0.3 is 10.1 Å². The minimum atomic E-state index is -2.91. The molecule has 0 radical (unpaired) electrons. The van der Waals surface area contributed by atoms with Gasteiger partial charge >= 0.3 is 6.61 Å². The summed E-state index contributed by atoms with van der Waals surface area (Å²) in [5, 5.41) is 3.00. The van der Waals surface area contributed by atoms with Crippen LogP contribution < -0.4 is 10.1 Å². The van der Waals surface area contributed by atoms with E-state index in [4.69, 9.17) is 0 Å². The van der Waals surface area contributed by atoms with Crippen LogP contribution in [-0.4, -0.2) is 17.8 Å². The van der Waals surface area contributed by atoms with Crippen LogP contribution in [-0.2, 0) is 4.79 Å². The Balaban J connectivity index is 2.74. The molecular weight excluding hydrogens is 284 g/mol. The average Bonchev–Trinajstić information content (AvgIpc) is 2.20. The molecule has 0 aliphatic rings. The molecule has 3 nitrogen and oxygen atoms in total. The summed E-state index contributed by atoms with van der Waals surface area (Å²) >= 11 is 3.11. The maximum Gasteiger partial charge on any atom is 0.387 e. The summed E-state index contributed by atoms with van der Waals surface area (Å²) in [6, 6.07) is 6.06. The first kappa shape index (κ1) is 12.9. The summed E-state index contributed by atoms with van der Waals surface area (Å²) in [7, 11) is 0. The van der Waals surface area contributed by atoms with E-state index in [0.717, 1.165) is 0 Å². The molecule has 0 aliphatic heterocycles. The second-order valence-corrected chi connectivity index (χ2v) is 3.65. The second-order valence-electron chi connectivity index (χ2n) is 2.86. The highest BCUT2D eigenvalue weighted by Gasteiger charge is 2.10. The van der Waals surface area contributed by atoms with E-state index >= 15 is 0 Å². The van der Waals surface area contributed by atoms with Gasteiger partial charge in [-0.25, -0.2) is 0 Å². The number of benzene rings is 1. The Hall–Kier alpha value is -1.17. The largest absolute Gasteiger partial charge is 0.433 e. The average molecular weight is 294 g/mol. The number of carbonyl (C=O) groups excluding carboxylic acids is 1. The number of amides is 1. The van der Waals surface area contributed by atoms with Crippen molar-refractivity contribution in [2.24, 2.45) is 0 Å². The molecule has 1 aromatic carbocycles. The van der Waals surface area contributed by atoms with Crippen LogP contribution in [0.1, 0.15) is 6.42 Å². The third kappa shape index (κ3) is 4.14. The lowest BCUT2D eigenvalue weighted by atomic mass is 10.3. The molecule has 0 atom stereocenters. The van der Waals surface area contributed by atoms with E-state index in [1.165, 1.54) is 12.1 Å². The molecule has 1 aromatic rings. The van der Waals surface area contributed by atoms with Crippen molar-refractivity contribution in [3.05, 3.63) is 24.3 Å². The van der Waals surface area contributed by atoms with E-state index in [1.54, 1.807) is 12.1 Å². The highest BCUT2D eigenvalue weighted by molar-refractivity contribution is 9.09. The van der Waals surface area contributed by atoms with Gasteiger partial charge in [0.15, 0.2) is 0 Å². The fourth-order valence-corrected chi connectivity index (χ4v) is 1.43. The molecule has 1 N–H and O–H groups in total. The van der Waals surface area contributed by atoms with Crippen LogP contribution >= 0.6 is 15.9 Å². The molecule has 0 spiro atoms. The smallest absolute Gasteiger partial charge is 0.387 e. The van der Waals surface area contributed by atoms with Crippen molar-refractivity contribution < 1.29 is 18.3 Å². The molecule has 0 saturated heterocycles. The van der Waals surface area contributed by atoms with E-state index in [0.29, 0.717) is 5.33 Å². The summed E-state index contributed by atoms with van der Waals surface area (Å²) in [5.74, 6) is -0.303. The Bertz CT molecular complexity index is 360. The van der Waals surface area contributed by atoms with Crippen molar-refractivity contribution in [1.29, 1.82) is 0 Å². The maximum absolute atomic E-state index is 12.0. The number of nitrogens with one attached hydrogen (secondary N) is 1. The molecule has 88 valence electrons. The quantitative estimate of drug-likeness (QED) is 0.848. The topological polar surface area (TPSA) is 38.3 Å². The Morgan fingerprint density at radius 1 is 1.44 bits per heavy atom. The normalized spacial score (nSPS) is 10.2. The van der Waals surface area contributed by atoms with E-state index < -0.39 is 6.61 Å². The van der Waals surface area contributed by atoms with Crippen molar-refractivity contribution >= 4 is 27.5 Å². The van der Waals surface area contributed by atoms with E-state index in [9.17, 15) is 13.6 Å². The predicted octanol–water partition coefficient (Wildman–Crippen LogP) is 3.01. The van der Waals surface area contributed by atoms with Crippen LogP contribution in [0.5, 0.6) is 5.75 Å². The zero-order valence-electron chi connectivity index (χ0n) is 8.25. The number of para-hydroxylation sites is 2. The molecule has 0 unspecified atom stereocenters. The van der Waals surface area contributed by atoms with Crippen LogP contribution in [0.3, 0.4) is 0 Å². The standard InChI is InChI=1S/C10H10BrF2NO2/c11-6-5-9(15)14-7-3-1-2-4-8(7)16-10(12)13/h1-4,10H,5-6H2,(H,14,15). The van der Waals surface area contributed by atoms with E-state index in [1.807, 2.05) is 0 Å². The van der Waals surface area contributed by atoms with Crippen molar-refractivity contribution in [3.8, 4) is 5.75 Å². The van der Waals surface area contributed by atoms with Gasteiger partial charge in [0.1, 0.15) is 5.75 Å². The Morgan fingerprint density at radius 3 is 2.75 bits per heavy atom. The van der Waals surface area contributed by atoms with Gasteiger partial charge in [0.2, 0.25) is 5.91 Å². The van der Waals surface area contributed by atoms with Crippen molar-refractivity contribution in [2.45, 2.75) is 13.0 Å². The number of halogens is 3. The molecule has 1 amide bonds. The van der Waals surface area contributed by atoms with Gasteiger partial charge in [0.25, 0.3) is 0 Å². The van der Waals surface area contributed by atoms with Gasteiger partial charge in [-0.1, -0.05) is 28.1 Å². The first-order chi connectivity index (χ1) is 7.63. The lowest BCUT2D eigenvalue weighted by Crippen LogP contribution is -2.13. The number of rotatable bonds is 5. The van der Waals surface area contributed by atoms with Crippen LogP contribution in [0, 0.1) is 0 Å². The number of anilines is 1. The lowest BCUT2D eigenvalue weighted by Gasteiger charge is -2.10. The fraction of sp³-hybridized carbons (Fsp3) is 0.300. The first-order valence-electron chi connectivity index (χ1n) is 4.53. The molecule has 0 bridgehead atoms. The highest BCUT2D eigenvalue weighted by atomic mass is 79.9. The summed E-state index contributed by atoms with van der Waals surface area (Å²) in [4.78, 5) is 11.3. The van der Waals surface area contributed by atoms with Gasteiger partial charge in [0.05, 0.1) is 5.69 Å². The summed E-state index contributed by atoms with van der Waals surface area (Å²) in [5.41, 5.74) is 0.244. The van der Waals surface area contributed by atoms with E-state index in [2.05, 4.69) is 26.0 Å². The Morgan fingerprint density at radius 2 is 2.12 bits per heavy atom. The Kier molecular flexibility index (Phi) is 5.18. The zero-order valence-corrected chi connectivity index (χ0v) is 9.84. The molecule has 0 fully saturated rings. The van der Waals surface area contributed by atoms with Crippen molar-refractivity contribution in [2.75, 3.05) is 10.6 Å². The van der Waals surface area contributed by atoms with Crippen molar-refractivity contribution in [1.82, 2.24) is 0 Å². The second kappa shape index (κ2) is 6.42. The van der Waals surface area contributed by atoms with Crippen LogP contribution in [0.4, 0.5) is 14.5 Å². The van der Waals surface area contributed by atoms with Gasteiger partial charge in [-0.05, 0) is 12.1 Å². The van der Waals surface area contributed by atoms with Crippen LogP contribution in [0.25, 0.3) is 0 Å². The summed E-state index contributed by atoms with van der Waals surface area (Å²) < 4.78 is 28.4. The number of hydrogen-bond acceptors (Lipinski definition) is 2. The van der Waals surface area contributed by atoms with Gasteiger partial charge in [0, 0.05) is 11.8 Å². The number of carbonyl (C=O) groups is 1. The first-order valence-corrected chi connectivity index (χ1v) is 5.65. The van der Waals surface area contributed by atoms with Crippen molar-refractivity contribution in [3.63, 3.8) is 0 Å². The summed E-state index contributed by atoms with van der Waals surface area (Å²) in [6.45, 7) is -2.91. The van der Waals surface area contributed by atoms with Gasteiger partial charge in [-0.15, -0.1) is 0 Å². The zero-order chi connectivity index (χ0) is 12.0. The summed E-state index contributed by atoms with van der Waals surface area (Å²) in [6.07, 6.45) is 0.267. The minimum Gasteiger partial charge on any atom is -0.433 e. The van der Waals surface area contributed by atoms with Crippen LogP contribution in [0.2, 0.25) is 0 Å². The molecule has 0 heterocycles. The monoisotopic (exact) mass is 293 g/mol. The lowest BCUT2D eigenvalue weighted by molar-refractivity contribution is -0.115. The number of alkyl halides is 3. The van der Waals surface area contributed by atoms with Gasteiger partial charge in [-0.2, -0.15) is 8.78 Å². The SMILES string of the molecule is O=C(CCBr)Nc1ccccc1OC(F)F. The maximum atomic E-state index is 12.0. The number of ether oxygens (including phenoxy) is 1. The third-order valence-corrected chi connectivity index (χ3v) is 2.10. The van der Waals surface area contributed by atoms with E-state index in [-0.39, 0.29) is 23.8 Å². The fourth-order valence-electron chi connectivity index (χ4n) is 1.07. The predicted molar refractivity (Wildman–Crippen MR) is 60.1 cm³/mol. The number of hydrogen-bond donors (Lipinski definition) is 1. The molecule has 6 heteroatoms. The molecule has 16 heavy (non-hydrogen) atoms. The highest BCUT2D eigenvalue weighted by Crippen LogP contribution is 2.25. The molecule has 0 saturated carbocycles. The molecule has 1 rings (SSSR count).